The van der Waals surface area contributed by atoms with Crippen molar-refractivity contribution in [2.75, 3.05) is 24.1 Å². The highest BCUT2D eigenvalue weighted by atomic mass is 16.2. The summed E-state index contributed by atoms with van der Waals surface area (Å²) in [5, 5.41) is 6.21. The Kier molecular flexibility index (Phi) is 6.92. The molecule has 38 heavy (non-hydrogen) atoms. The van der Waals surface area contributed by atoms with E-state index in [9.17, 15) is 19.2 Å². The van der Waals surface area contributed by atoms with Crippen molar-refractivity contribution in [3.05, 3.63) is 63.1 Å². The number of pyridine rings is 1. The third-order valence-electron chi connectivity index (χ3n) is 7.17. The number of nitrogen functional groups attached to an aromatic ring is 1. The Morgan fingerprint density at radius 1 is 1.16 bits per heavy atom. The van der Waals surface area contributed by atoms with E-state index in [2.05, 4.69) is 15.6 Å². The van der Waals surface area contributed by atoms with E-state index in [1.807, 2.05) is 13.8 Å². The van der Waals surface area contributed by atoms with Gasteiger partial charge in [-0.25, -0.2) is 14.6 Å². The lowest BCUT2D eigenvalue weighted by molar-refractivity contribution is 0.0909. The van der Waals surface area contributed by atoms with Crippen molar-refractivity contribution >= 4 is 34.2 Å². The van der Waals surface area contributed by atoms with Crippen LogP contribution in [0.3, 0.4) is 0 Å². The van der Waals surface area contributed by atoms with Gasteiger partial charge in [0.05, 0.1) is 16.6 Å². The predicted molar refractivity (Wildman–Crippen MR) is 145 cm³/mol. The SMILES string of the molecule is CC(C)n1c(=O)n(CC2CC2)c(=O)c2cc(NC(=O)N3CCC[C@@H](NC(=O)c4ncccc4N)C3)ccc21. The van der Waals surface area contributed by atoms with Gasteiger partial charge in [0.1, 0.15) is 0 Å². The molecule has 0 spiro atoms. The molecule has 11 heteroatoms. The van der Waals surface area contributed by atoms with Gasteiger partial charge in [0, 0.05) is 43.6 Å². The smallest absolute Gasteiger partial charge is 0.331 e. The normalized spacial score (nSPS) is 17.6. The van der Waals surface area contributed by atoms with Crippen LogP contribution in [-0.4, -0.2) is 50.1 Å². The zero-order valence-corrected chi connectivity index (χ0v) is 21.6. The van der Waals surface area contributed by atoms with E-state index in [0.29, 0.717) is 47.8 Å². The molecule has 3 aromatic rings. The van der Waals surface area contributed by atoms with E-state index in [1.54, 1.807) is 39.8 Å². The standard InChI is InChI=1S/C27H33N7O4/c1-16(2)34-22-10-9-18(13-20(22)25(36)33(27(34)38)14-17-7-8-17)31-26(37)32-12-4-5-19(15-32)30-24(35)23-21(28)6-3-11-29-23/h3,6,9-11,13,16-17,19H,4-5,7-8,12,14-15,28H2,1-2H3,(H,30,35)(H,31,37)/t19-/m1/s1. The predicted octanol–water partition coefficient (Wildman–Crippen LogP) is 2.56. The van der Waals surface area contributed by atoms with Crippen molar-refractivity contribution in [3.8, 4) is 0 Å². The maximum Gasteiger partial charge on any atom is 0.331 e. The molecule has 2 aromatic heterocycles. The first kappa shape index (κ1) is 25.5. The Labute approximate surface area is 219 Å². The molecular formula is C27H33N7O4. The fourth-order valence-corrected chi connectivity index (χ4v) is 5.02. The molecule has 1 aromatic carbocycles. The third-order valence-corrected chi connectivity index (χ3v) is 7.17. The minimum atomic E-state index is -0.372. The molecule has 0 unspecified atom stereocenters. The van der Waals surface area contributed by atoms with Crippen molar-refractivity contribution in [1.82, 2.24) is 24.3 Å². The number of hydrogen-bond donors (Lipinski definition) is 3. The summed E-state index contributed by atoms with van der Waals surface area (Å²) < 4.78 is 2.97. The van der Waals surface area contributed by atoms with Crippen LogP contribution in [0.15, 0.2) is 46.1 Å². The van der Waals surface area contributed by atoms with Crippen LogP contribution in [0.4, 0.5) is 16.2 Å². The quantitative estimate of drug-likeness (QED) is 0.457. The van der Waals surface area contributed by atoms with Gasteiger partial charge in [-0.1, -0.05) is 0 Å². The minimum Gasteiger partial charge on any atom is -0.397 e. The lowest BCUT2D eigenvalue weighted by Gasteiger charge is -2.33. The second-order valence-electron chi connectivity index (χ2n) is 10.5. The van der Waals surface area contributed by atoms with Crippen LogP contribution >= 0.6 is 0 Å². The Bertz CT molecular complexity index is 1510. The van der Waals surface area contributed by atoms with Gasteiger partial charge < -0.3 is 21.3 Å². The zero-order valence-electron chi connectivity index (χ0n) is 21.6. The van der Waals surface area contributed by atoms with E-state index in [-0.39, 0.29) is 41.0 Å². The van der Waals surface area contributed by atoms with Crippen molar-refractivity contribution in [3.63, 3.8) is 0 Å². The van der Waals surface area contributed by atoms with E-state index in [1.165, 1.54) is 10.8 Å². The van der Waals surface area contributed by atoms with E-state index < -0.39 is 0 Å². The fourth-order valence-electron chi connectivity index (χ4n) is 5.02. The molecule has 5 rings (SSSR count). The largest absolute Gasteiger partial charge is 0.397 e. The topological polar surface area (TPSA) is 144 Å². The summed E-state index contributed by atoms with van der Waals surface area (Å²) in [6.07, 6.45) is 5.00. The van der Waals surface area contributed by atoms with Gasteiger partial charge >= 0.3 is 11.7 Å². The average Bonchev–Trinajstić information content (AvgIpc) is 3.71. The lowest BCUT2D eigenvalue weighted by atomic mass is 10.1. The van der Waals surface area contributed by atoms with Crippen molar-refractivity contribution in [2.24, 2.45) is 5.92 Å². The number of fused-ring (bicyclic) bond motifs is 1. The Hall–Kier alpha value is -4.15. The van der Waals surface area contributed by atoms with Gasteiger partial charge in [0.15, 0.2) is 5.69 Å². The average molecular weight is 520 g/mol. The van der Waals surface area contributed by atoms with E-state index in [4.69, 9.17) is 5.73 Å². The van der Waals surface area contributed by atoms with Crippen LogP contribution in [0.2, 0.25) is 0 Å². The molecule has 4 N–H and O–H groups in total. The monoisotopic (exact) mass is 519 g/mol. The number of nitrogens with one attached hydrogen (secondary N) is 2. The number of hydrogen-bond acceptors (Lipinski definition) is 6. The first-order valence-electron chi connectivity index (χ1n) is 13.1. The lowest BCUT2D eigenvalue weighted by Crippen LogP contribution is -2.50. The number of likely N-dealkylation sites (tertiary alicyclic amines) is 1. The Morgan fingerprint density at radius 2 is 1.95 bits per heavy atom. The van der Waals surface area contributed by atoms with Gasteiger partial charge in [-0.15, -0.1) is 0 Å². The highest BCUT2D eigenvalue weighted by molar-refractivity contribution is 5.97. The number of amides is 3. The molecular weight excluding hydrogens is 486 g/mol. The molecule has 0 bridgehead atoms. The van der Waals surface area contributed by atoms with Crippen LogP contribution in [0.1, 0.15) is 56.1 Å². The Balaban J connectivity index is 1.33. The summed E-state index contributed by atoms with van der Waals surface area (Å²) in [7, 11) is 0. The van der Waals surface area contributed by atoms with Crippen LogP contribution in [0, 0.1) is 5.92 Å². The second-order valence-corrected chi connectivity index (χ2v) is 10.5. The molecule has 0 radical (unpaired) electrons. The number of benzene rings is 1. The zero-order chi connectivity index (χ0) is 27.0. The first-order chi connectivity index (χ1) is 18.2. The van der Waals surface area contributed by atoms with Gasteiger partial charge in [0.2, 0.25) is 0 Å². The molecule has 1 aliphatic heterocycles. The van der Waals surface area contributed by atoms with E-state index >= 15 is 0 Å². The first-order valence-corrected chi connectivity index (χ1v) is 13.1. The second kappa shape index (κ2) is 10.3. The third kappa shape index (κ3) is 5.13. The number of rotatable bonds is 6. The molecule has 3 heterocycles. The van der Waals surface area contributed by atoms with Gasteiger partial charge in [-0.05, 0) is 75.8 Å². The number of aromatic nitrogens is 3. The summed E-state index contributed by atoms with van der Waals surface area (Å²) in [5.41, 5.74) is 6.72. The molecule has 1 saturated carbocycles. The fraction of sp³-hybridized carbons (Fsp3) is 0.444. The molecule has 1 saturated heterocycles. The van der Waals surface area contributed by atoms with Crippen molar-refractivity contribution in [2.45, 2.75) is 58.2 Å². The van der Waals surface area contributed by atoms with Gasteiger partial charge in [-0.3, -0.25) is 18.7 Å². The number of urea groups is 1. The maximum atomic E-state index is 13.3. The summed E-state index contributed by atoms with van der Waals surface area (Å²) in [6, 6.07) is 7.65. The van der Waals surface area contributed by atoms with E-state index in [0.717, 1.165) is 25.7 Å². The molecule has 2 aliphatic rings. The minimum absolute atomic E-state index is 0.126. The molecule has 1 aliphatic carbocycles. The molecule has 2 fully saturated rings. The molecule has 1 atom stereocenters. The summed E-state index contributed by atoms with van der Waals surface area (Å²) in [5.74, 6) is -0.00781. The summed E-state index contributed by atoms with van der Waals surface area (Å²) in [6.45, 7) is 5.12. The number of piperidine rings is 1. The highest BCUT2D eigenvalue weighted by Crippen LogP contribution is 2.30. The molecule has 200 valence electrons. The highest BCUT2D eigenvalue weighted by Gasteiger charge is 2.27. The number of carbonyl (C=O) groups is 2. The molecule has 11 nitrogen and oxygen atoms in total. The number of nitrogens with two attached hydrogens (primary N) is 1. The number of nitrogens with zero attached hydrogens (tertiary/aromatic N) is 4. The van der Waals surface area contributed by atoms with Crippen LogP contribution in [0.5, 0.6) is 0 Å². The summed E-state index contributed by atoms with van der Waals surface area (Å²) in [4.78, 5) is 57.8. The summed E-state index contributed by atoms with van der Waals surface area (Å²) >= 11 is 0. The van der Waals surface area contributed by atoms with Crippen molar-refractivity contribution in [1.29, 1.82) is 0 Å². The van der Waals surface area contributed by atoms with Gasteiger partial charge in [0.25, 0.3) is 11.5 Å². The van der Waals surface area contributed by atoms with Gasteiger partial charge in [-0.2, -0.15) is 0 Å². The Morgan fingerprint density at radius 3 is 2.66 bits per heavy atom. The number of anilines is 2. The van der Waals surface area contributed by atoms with Crippen molar-refractivity contribution < 1.29 is 9.59 Å². The maximum absolute atomic E-state index is 13.3. The molecule has 3 amide bonds. The van der Waals surface area contributed by atoms with Crippen LogP contribution < -0.4 is 27.6 Å². The van der Waals surface area contributed by atoms with Crippen LogP contribution in [0.25, 0.3) is 10.9 Å². The number of carbonyl (C=O) groups excluding carboxylic acids is 2. The van der Waals surface area contributed by atoms with Crippen LogP contribution in [-0.2, 0) is 6.54 Å².